The molecule has 0 spiro atoms. The number of nitrogens with zero attached hydrogens (tertiary/aromatic N) is 1. The van der Waals surface area contributed by atoms with Crippen molar-refractivity contribution in [2.75, 3.05) is 26.2 Å². The SMILES string of the molecule is CCNC1C(CN2CCCC(C)(C)C2)CCC1(C)C. The van der Waals surface area contributed by atoms with E-state index in [2.05, 4.69) is 44.8 Å². The molecule has 112 valence electrons. The van der Waals surface area contributed by atoms with Crippen LogP contribution in [0.5, 0.6) is 0 Å². The predicted molar refractivity (Wildman–Crippen MR) is 83.4 cm³/mol. The Bertz CT molecular complexity index is 296. The van der Waals surface area contributed by atoms with E-state index in [9.17, 15) is 0 Å². The van der Waals surface area contributed by atoms with Gasteiger partial charge in [-0.1, -0.05) is 34.6 Å². The van der Waals surface area contributed by atoms with Gasteiger partial charge in [0.05, 0.1) is 0 Å². The van der Waals surface area contributed by atoms with Crippen LogP contribution in [0.25, 0.3) is 0 Å². The van der Waals surface area contributed by atoms with Gasteiger partial charge in [0, 0.05) is 19.1 Å². The highest BCUT2D eigenvalue weighted by Crippen LogP contribution is 2.42. The molecule has 1 heterocycles. The Morgan fingerprint density at radius 3 is 2.53 bits per heavy atom. The molecule has 1 aliphatic carbocycles. The van der Waals surface area contributed by atoms with Crippen molar-refractivity contribution in [1.29, 1.82) is 0 Å². The Morgan fingerprint density at radius 2 is 1.89 bits per heavy atom. The maximum Gasteiger partial charge on any atom is 0.0159 e. The standard InChI is InChI=1S/C17H34N2/c1-6-18-15-14(8-10-17(15,4)5)12-19-11-7-9-16(2,3)13-19/h14-15,18H,6-13H2,1-5H3. The van der Waals surface area contributed by atoms with Crippen LogP contribution < -0.4 is 5.32 Å². The van der Waals surface area contributed by atoms with E-state index in [0.717, 1.165) is 12.5 Å². The molecule has 19 heavy (non-hydrogen) atoms. The number of piperidine rings is 1. The summed E-state index contributed by atoms with van der Waals surface area (Å²) in [6, 6.07) is 0.711. The van der Waals surface area contributed by atoms with Crippen LogP contribution in [0, 0.1) is 16.7 Å². The zero-order valence-corrected chi connectivity index (χ0v) is 13.8. The van der Waals surface area contributed by atoms with Crippen molar-refractivity contribution in [1.82, 2.24) is 10.2 Å². The second kappa shape index (κ2) is 5.73. The van der Waals surface area contributed by atoms with Crippen LogP contribution in [-0.4, -0.2) is 37.1 Å². The average molecular weight is 266 g/mol. The Labute approximate surface area is 120 Å². The average Bonchev–Trinajstić information content (AvgIpc) is 2.56. The zero-order chi connectivity index (χ0) is 14.1. The van der Waals surface area contributed by atoms with E-state index in [1.54, 1.807) is 0 Å². The monoisotopic (exact) mass is 266 g/mol. The lowest BCUT2D eigenvalue weighted by Gasteiger charge is -2.41. The minimum Gasteiger partial charge on any atom is -0.313 e. The van der Waals surface area contributed by atoms with Crippen LogP contribution in [0.4, 0.5) is 0 Å². The van der Waals surface area contributed by atoms with Gasteiger partial charge in [-0.15, -0.1) is 0 Å². The van der Waals surface area contributed by atoms with Crippen molar-refractivity contribution in [3.05, 3.63) is 0 Å². The zero-order valence-electron chi connectivity index (χ0n) is 13.8. The van der Waals surface area contributed by atoms with Crippen molar-refractivity contribution in [2.24, 2.45) is 16.7 Å². The summed E-state index contributed by atoms with van der Waals surface area (Å²) >= 11 is 0. The van der Waals surface area contributed by atoms with Crippen LogP contribution in [0.1, 0.15) is 60.3 Å². The van der Waals surface area contributed by atoms with Crippen LogP contribution in [0.15, 0.2) is 0 Å². The highest BCUT2D eigenvalue weighted by molar-refractivity contribution is 4.97. The first-order valence-corrected chi connectivity index (χ1v) is 8.30. The normalized spacial score (nSPS) is 34.6. The molecule has 2 nitrogen and oxygen atoms in total. The summed E-state index contributed by atoms with van der Waals surface area (Å²) in [4.78, 5) is 2.74. The fraction of sp³-hybridized carbons (Fsp3) is 1.00. The summed E-state index contributed by atoms with van der Waals surface area (Å²) < 4.78 is 0. The fourth-order valence-electron chi connectivity index (χ4n) is 4.41. The second-order valence-electron chi connectivity index (χ2n) is 8.33. The Kier molecular flexibility index (Phi) is 4.62. The quantitative estimate of drug-likeness (QED) is 0.837. The lowest BCUT2D eigenvalue weighted by atomic mass is 9.82. The van der Waals surface area contributed by atoms with E-state index in [0.29, 0.717) is 16.9 Å². The lowest BCUT2D eigenvalue weighted by Crippen LogP contribution is -2.48. The smallest absolute Gasteiger partial charge is 0.0159 e. The second-order valence-corrected chi connectivity index (χ2v) is 8.33. The topological polar surface area (TPSA) is 15.3 Å². The molecule has 2 atom stereocenters. The van der Waals surface area contributed by atoms with Gasteiger partial charge in [-0.3, -0.25) is 0 Å². The first-order valence-electron chi connectivity index (χ1n) is 8.30. The van der Waals surface area contributed by atoms with Gasteiger partial charge >= 0.3 is 0 Å². The van der Waals surface area contributed by atoms with Gasteiger partial charge in [0.15, 0.2) is 0 Å². The van der Waals surface area contributed by atoms with Gasteiger partial charge in [0.25, 0.3) is 0 Å². The largest absolute Gasteiger partial charge is 0.313 e. The molecule has 0 aromatic heterocycles. The van der Waals surface area contributed by atoms with E-state index >= 15 is 0 Å². The van der Waals surface area contributed by atoms with Crippen molar-refractivity contribution in [2.45, 2.75) is 66.3 Å². The molecule has 2 unspecified atom stereocenters. The Hall–Kier alpha value is -0.0800. The molecule has 2 rings (SSSR count). The third kappa shape index (κ3) is 3.72. The number of likely N-dealkylation sites (tertiary alicyclic amines) is 1. The molecule has 1 saturated heterocycles. The Morgan fingerprint density at radius 1 is 1.16 bits per heavy atom. The van der Waals surface area contributed by atoms with Crippen LogP contribution in [0.2, 0.25) is 0 Å². The molecule has 2 fully saturated rings. The molecule has 1 N–H and O–H groups in total. The molecular weight excluding hydrogens is 232 g/mol. The first kappa shape index (κ1) is 15.3. The molecule has 0 bridgehead atoms. The summed E-state index contributed by atoms with van der Waals surface area (Å²) in [7, 11) is 0. The maximum absolute atomic E-state index is 3.77. The minimum atomic E-state index is 0.478. The van der Waals surface area contributed by atoms with Crippen LogP contribution >= 0.6 is 0 Å². The van der Waals surface area contributed by atoms with Crippen molar-refractivity contribution >= 4 is 0 Å². The van der Waals surface area contributed by atoms with Crippen molar-refractivity contribution in [3.8, 4) is 0 Å². The van der Waals surface area contributed by atoms with Gasteiger partial charge in [0.1, 0.15) is 0 Å². The number of rotatable bonds is 4. The van der Waals surface area contributed by atoms with Crippen LogP contribution in [0.3, 0.4) is 0 Å². The first-order chi connectivity index (χ1) is 8.84. The van der Waals surface area contributed by atoms with Gasteiger partial charge in [0.2, 0.25) is 0 Å². The van der Waals surface area contributed by atoms with E-state index in [-0.39, 0.29) is 0 Å². The van der Waals surface area contributed by atoms with E-state index in [1.165, 1.54) is 45.3 Å². The predicted octanol–water partition coefficient (Wildman–Crippen LogP) is 3.52. The maximum atomic E-state index is 3.77. The third-order valence-electron chi connectivity index (χ3n) is 5.37. The van der Waals surface area contributed by atoms with E-state index in [4.69, 9.17) is 0 Å². The summed E-state index contributed by atoms with van der Waals surface area (Å²) in [5.41, 5.74) is 1.01. The molecule has 1 saturated carbocycles. The fourth-order valence-corrected chi connectivity index (χ4v) is 4.41. The highest BCUT2D eigenvalue weighted by Gasteiger charge is 2.42. The molecular formula is C17H34N2. The minimum absolute atomic E-state index is 0.478. The van der Waals surface area contributed by atoms with E-state index in [1.807, 2.05) is 0 Å². The Balaban J connectivity index is 1.94. The molecule has 2 aliphatic rings. The van der Waals surface area contributed by atoms with Gasteiger partial charge in [-0.05, 0) is 55.5 Å². The van der Waals surface area contributed by atoms with Gasteiger partial charge in [-0.2, -0.15) is 0 Å². The molecule has 2 heteroatoms. The number of nitrogens with one attached hydrogen (secondary N) is 1. The van der Waals surface area contributed by atoms with Gasteiger partial charge < -0.3 is 10.2 Å². The lowest BCUT2D eigenvalue weighted by molar-refractivity contribution is 0.0924. The summed E-state index contributed by atoms with van der Waals surface area (Å²) in [6.07, 6.45) is 5.57. The molecule has 0 amide bonds. The van der Waals surface area contributed by atoms with Crippen molar-refractivity contribution < 1.29 is 0 Å². The highest BCUT2D eigenvalue weighted by atomic mass is 15.1. The molecule has 0 aromatic rings. The summed E-state index contributed by atoms with van der Waals surface area (Å²) in [6.45, 7) is 17.0. The molecule has 0 radical (unpaired) electrons. The van der Waals surface area contributed by atoms with E-state index < -0.39 is 0 Å². The molecule has 0 aromatic carbocycles. The summed E-state index contributed by atoms with van der Waals surface area (Å²) in [5, 5.41) is 3.77. The van der Waals surface area contributed by atoms with Gasteiger partial charge in [-0.25, -0.2) is 0 Å². The number of hydrogen-bond donors (Lipinski definition) is 1. The summed E-state index contributed by atoms with van der Waals surface area (Å²) in [5.74, 6) is 0.851. The van der Waals surface area contributed by atoms with Crippen molar-refractivity contribution in [3.63, 3.8) is 0 Å². The third-order valence-corrected chi connectivity index (χ3v) is 5.37. The molecule has 1 aliphatic heterocycles. The number of hydrogen-bond acceptors (Lipinski definition) is 2. The van der Waals surface area contributed by atoms with Crippen LogP contribution in [-0.2, 0) is 0 Å².